The van der Waals surface area contributed by atoms with E-state index in [4.69, 9.17) is 9.15 Å². The van der Waals surface area contributed by atoms with Crippen molar-refractivity contribution in [3.63, 3.8) is 0 Å². The predicted molar refractivity (Wildman–Crippen MR) is 69.2 cm³/mol. The Bertz CT molecular complexity index is 625. The lowest BCUT2D eigenvalue weighted by Gasteiger charge is -2.09. The van der Waals surface area contributed by atoms with Gasteiger partial charge in [0.05, 0.1) is 13.2 Å². The van der Waals surface area contributed by atoms with Crippen LogP contribution in [-0.2, 0) is 6.42 Å². The second-order valence-electron chi connectivity index (χ2n) is 4.41. The molecule has 4 nitrogen and oxygen atoms in total. The van der Waals surface area contributed by atoms with E-state index in [1.54, 1.807) is 20.1 Å². The average Bonchev–Trinajstić information content (AvgIpc) is 2.33. The summed E-state index contributed by atoms with van der Waals surface area (Å²) in [6, 6.07) is 5.37. The van der Waals surface area contributed by atoms with Crippen LogP contribution in [0.2, 0.25) is 0 Å². The van der Waals surface area contributed by atoms with Crippen molar-refractivity contribution in [3.05, 3.63) is 39.7 Å². The zero-order valence-electron chi connectivity index (χ0n) is 10.7. The molecule has 0 saturated heterocycles. The molecular formula is C14H16O4. The highest BCUT2D eigenvalue weighted by molar-refractivity contribution is 5.82. The maximum absolute atomic E-state index is 11.9. The number of ether oxygens (including phenoxy) is 1. The summed E-state index contributed by atoms with van der Waals surface area (Å²) in [6.07, 6.45) is -0.266. The van der Waals surface area contributed by atoms with Crippen molar-refractivity contribution in [3.8, 4) is 5.75 Å². The second-order valence-corrected chi connectivity index (χ2v) is 4.41. The van der Waals surface area contributed by atoms with Crippen LogP contribution in [0.15, 0.2) is 27.4 Å². The van der Waals surface area contributed by atoms with Gasteiger partial charge in [-0.1, -0.05) is 0 Å². The molecule has 4 heteroatoms. The van der Waals surface area contributed by atoms with Crippen molar-refractivity contribution in [1.29, 1.82) is 0 Å². The molecule has 0 fully saturated rings. The Morgan fingerprint density at radius 1 is 1.44 bits per heavy atom. The van der Waals surface area contributed by atoms with E-state index in [9.17, 15) is 9.90 Å². The minimum Gasteiger partial charge on any atom is -0.497 e. The first-order chi connectivity index (χ1) is 8.52. The summed E-state index contributed by atoms with van der Waals surface area (Å²) in [4.78, 5) is 11.9. The molecule has 1 atom stereocenters. The molecule has 1 heterocycles. The lowest BCUT2D eigenvalue weighted by molar-refractivity contribution is 0.194. The van der Waals surface area contributed by atoms with Gasteiger partial charge in [0, 0.05) is 23.4 Å². The van der Waals surface area contributed by atoms with E-state index in [0.717, 1.165) is 10.9 Å². The van der Waals surface area contributed by atoms with Crippen LogP contribution in [0.3, 0.4) is 0 Å². The molecule has 1 aromatic carbocycles. The number of rotatable bonds is 3. The summed E-state index contributed by atoms with van der Waals surface area (Å²) in [5.74, 6) is 0.647. The van der Waals surface area contributed by atoms with Gasteiger partial charge in [0.15, 0.2) is 0 Å². The third kappa shape index (κ3) is 2.24. The van der Waals surface area contributed by atoms with Gasteiger partial charge in [0.1, 0.15) is 11.3 Å². The van der Waals surface area contributed by atoms with E-state index in [2.05, 4.69) is 0 Å². The number of hydrogen-bond donors (Lipinski definition) is 1. The van der Waals surface area contributed by atoms with E-state index in [1.807, 2.05) is 19.1 Å². The monoisotopic (exact) mass is 248 g/mol. The third-order valence-electron chi connectivity index (χ3n) is 2.99. The standard InChI is InChI=1S/C14H16O4/c1-8(15)6-12-9(2)11-5-4-10(17-3)7-13(11)18-14(12)16/h4-5,7-8,15H,6H2,1-3H3/t8-/m1/s1. The average molecular weight is 248 g/mol. The van der Waals surface area contributed by atoms with Gasteiger partial charge in [-0.3, -0.25) is 0 Å². The first-order valence-corrected chi connectivity index (χ1v) is 5.81. The lowest BCUT2D eigenvalue weighted by Crippen LogP contribution is -2.16. The van der Waals surface area contributed by atoms with Gasteiger partial charge in [-0.25, -0.2) is 4.79 Å². The molecule has 2 aromatic rings. The smallest absolute Gasteiger partial charge is 0.339 e. The van der Waals surface area contributed by atoms with Crippen molar-refractivity contribution >= 4 is 11.0 Å². The maximum atomic E-state index is 11.9. The number of hydrogen-bond acceptors (Lipinski definition) is 4. The first-order valence-electron chi connectivity index (χ1n) is 5.81. The molecule has 0 spiro atoms. The van der Waals surface area contributed by atoms with Gasteiger partial charge in [-0.15, -0.1) is 0 Å². The molecule has 0 saturated carbocycles. The molecule has 0 amide bonds. The summed E-state index contributed by atoms with van der Waals surface area (Å²) < 4.78 is 10.4. The number of benzene rings is 1. The van der Waals surface area contributed by atoms with Gasteiger partial charge < -0.3 is 14.3 Å². The van der Waals surface area contributed by atoms with Crippen molar-refractivity contribution < 1.29 is 14.3 Å². The molecule has 18 heavy (non-hydrogen) atoms. The Morgan fingerprint density at radius 3 is 2.78 bits per heavy atom. The molecular weight excluding hydrogens is 232 g/mol. The minimum atomic E-state index is -0.567. The van der Waals surface area contributed by atoms with Crippen LogP contribution >= 0.6 is 0 Å². The zero-order valence-corrected chi connectivity index (χ0v) is 10.7. The van der Waals surface area contributed by atoms with Crippen molar-refractivity contribution in [2.75, 3.05) is 7.11 Å². The fourth-order valence-corrected chi connectivity index (χ4v) is 2.03. The Balaban J connectivity index is 2.67. The van der Waals surface area contributed by atoms with Gasteiger partial charge in [-0.2, -0.15) is 0 Å². The number of aliphatic hydroxyl groups excluding tert-OH is 1. The van der Waals surface area contributed by atoms with E-state index in [1.165, 1.54) is 0 Å². The summed E-state index contributed by atoms with van der Waals surface area (Å²) in [5.41, 5.74) is 1.49. The highest BCUT2D eigenvalue weighted by Crippen LogP contribution is 2.24. The Labute approximate surface area is 105 Å². The summed E-state index contributed by atoms with van der Waals surface area (Å²) in [6.45, 7) is 3.51. The molecule has 0 bridgehead atoms. The third-order valence-corrected chi connectivity index (χ3v) is 2.99. The predicted octanol–water partition coefficient (Wildman–Crippen LogP) is 2.03. The van der Waals surface area contributed by atoms with E-state index < -0.39 is 11.7 Å². The molecule has 0 unspecified atom stereocenters. The topological polar surface area (TPSA) is 59.7 Å². The Hall–Kier alpha value is -1.81. The van der Waals surface area contributed by atoms with E-state index in [-0.39, 0.29) is 0 Å². The number of methoxy groups -OCH3 is 1. The van der Waals surface area contributed by atoms with E-state index in [0.29, 0.717) is 23.3 Å². The van der Waals surface area contributed by atoms with Crippen LogP contribution in [0.4, 0.5) is 0 Å². The number of aliphatic hydroxyl groups is 1. The van der Waals surface area contributed by atoms with E-state index >= 15 is 0 Å². The van der Waals surface area contributed by atoms with Crippen LogP contribution in [0.25, 0.3) is 11.0 Å². The fraction of sp³-hybridized carbons (Fsp3) is 0.357. The first kappa shape index (κ1) is 12.6. The van der Waals surface area contributed by atoms with Crippen LogP contribution in [0.5, 0.6) is 5.75 Å². The Kier molecular flexibility index (Phi) is 3.39. The second kappa shape index (κ2) is 4.82. The molecule has 0 radical (unpaired) electrons. The summed E-state index contributed by atoms with van der Waals surface area (Å²) in [7, 11) is 1.56. The summed E-state index contributed by atoms with van der Waals surface area (Å²) >= 11 is 0. The van der Waals surface area contributed by atoms with Crippen LogP contribution in [0.1, 0.15) is 18.1 Å². The normalized spacial score (nSPS) is 12.7. The minimum absolute atomic E-state index is 0.302. The number of fused-ring (bicyclic) bond motifs is 1. The summed E-state index contributed by atoms with van der Waals surface area (Å²) in [5, 5.41) is 10.3. The number of aryl methyl sites for hydroxylation is 1. The Morgan fingerprint density at radius 2 is 2.17 bits per heavy atom. The highest BCUT2D eigenvalue weighted by Gasteiger charge is 2.13. The van der Waals surface area contributed by atoms with Gasteiger partial charge in [0.25, 0.3) is 0 Å². The van der Waals surface area contributed by atoms with Gasteiger partial charge in [-0.05, 0) is 31.5 Å². The SMILES string of the molecule is COc1ccc2c(C)c(C[C@@H](C)O)c(=O)oc2c1. The van der Waals surface area contributed by atoms with Crippen LogP contribution in [0, 0.1) is 6.92 Å². The van der Waals surface area contributed by atoms with Crippen molar-refractivity contribution in [1.82, 2.24) is 0 Å². The maximum Gasteiger partial charge on any atom is 0.339 e. The van der Waals surface area contributed by atoms with Gasteiger partial charge in [0.2, 0.25) is 0 Å². The molecule has 0 aliphatic carbocycles. The fourth-order valence-electron chi connectivity index (χ4n) is 2.03. The molecule has 1 aromatic heterocycles. The molecule has 96 valence electrons. The van der Waals surface area contributed by atoms with Crippen molar-refractivity contribution in [2.24, 2.45) is 0 Å². The zero-order chi connectivity index (χ0) is 13.3. The largest absolute Gasteiger partial charge is 0.497 e. The highest BCUT2D eigenvalue weighted by atomic mass is 16.5. The van der Waals surface area contributed by atoms with Crippen molar-refractivity contribution in [2.45, 2.75) is 26.4 Å². The van der Waals surface area contributed by atoms with Crippen LogP contribution < -0.4 is 10.4 Å². The molecule has 1 N–H and O–H groups in total. The quantitative estimate of drug-likeness (QED) is 0.844. The molecule has 2 rings (SSSR count). The lowest BCUT2D eigenvalue weighted by atomic mass is 10.0. The van der Waals surface area contributed by atoms with Gasteiger partial charge >= 0.3 is 5.63 Å². The van der Waals surface area contributed by atoms with Crippen LogP contribution in [-0.4, -0.2) is 18.3 Å². The molecule has 0 aliphatic heterocycles. The molecule has 0 aliphatic rings.